The van der Waals surface area contributed by atoms with Gasteiger partial charge in [0.25, 0.3) is 0 Å². The van der Waals surface area contributed by atoms with Gasteiger partial charge in [0, 0.05) is 25.7 Å². The van der Waals surface area contributed by atoms with Crippen LogP contribution in [0.5, 0.6) is 0 Å². The largest absolute Gasteiger partial charge is 0.353 e. The normalized spacial score (nSPS) is 23.8. The van der Waals surface area contributed by atoms with Gasteiger partial charge in [-0.25, -0.2) is 8.42 Å². The van der Waals surface area contributed by atoms with Crippen molar-refractivity contribution < 1.29 is 13.2 Å². The van der Waals surface area contributed by atoms with E-state index in [1.54, 1.807) is 0 Å². The van der Waals surface area contributed by atoms with Gasteiger partial charge in [-0.05, 0) is 44.3 Å². The molecule has 1 amide bonds. The zero-order valence-corrected chi connectivity index (χ0v) is 17.8. The molecule has 1 aromatic carbocycles. The van der Waals surface area contributed by atoms with Crippen molar-refractivity contribution in [2.24, 2.45) is 5.92 Å². The highest BCUT2D eigenvalue weighted by molar-refractivity contribution is 7.91. The molecule has 1 aromatic rings. The Morgan fingerprint density at radius 1 is 1.07 bits per heavy atom. The Morgan fingerprint density at radius 3 is 2.29 bits per heavy atom. The van der Waals surface area contributed by atoms with Crippen molar-refractivity contribution in [1.29, 1.82) is 0 Å². The Balaban J connectivity index is 1.64. The Morgan fingerprint density at radius 2 is 1.68 bits per heavy atom. The fourth-order valence-electron chi connectivity index (χ4n) is 4.09. The number of amides is 1. The number of nitrogens with zero attached hydrogens (tertiary/aromatic N) is 2. The predicted molar refractivity (Wildman–Crippen MR) is 112 cm³/mol. The third-order valence-electron chi connectivity index (χ3n) is 6.12. The van der Waals surface area contributed by atoms with E-state index in [0.29, 0.717) is 25.7 Å². The molecule has 156 valence electrons. The van der Waals surface area contributed by atoms with Crippen LogP contribution in [-0.4, -0.2) is 74.4 Å². The first kappa shape index (κ1) is 21.3. The van der Waals surface area contributed by atoms with Crippen LogP contribution >= 0.6 is 0 Å². The van der Waals surface area contributed by atoms with Crippen molar-refractivity contribution in [3.05, 3.63) is 35.9 Å². The molecule has 7 heteroatoms. The molecule has 6 nitrogen and oxygen atoms in total. The van der Waals surface area contributed by atoms with E-state index < -0.39 is 15.9 Å². The maximum atomic E-state index is 13.1. The summed E-state index contributed by atoms with van der Waals surface area (Å²) in [6, 6.07) is 9.53. The third kappa shape index (κ3) is 5.55. The number of piperidine rings is 1. The third-order valence-corrected chi connectivity index (χ3v) is 7.73. The SMILES string of the molecule is CC1CCN(C(C)CNC(=O)C(c2ccccc2)N2CCS(=O)(=O)CC2)CC1. The molecule has 2 fully saturated rings. The summed E-state index contributed by atoms with van der Waals surface area (Å²) in [4.78, 5) is 17.6. The molecule has 1 N–H and O–H groups in total. The van der Waals surface area contributed by atoms with Crippen LogP contribution < -0.4 is 5.32 Å². The summed E-state index contributed by atoms with van der Waals surface area (Å²) in [5.41, 5.74) is 0.916. The maximum Gasteiger partial charge on any atom is 0.242 e. The summed E-state index contributed by atoms with van der Waals surface area (Å²) in [5, 5.41) is 3.14. The number of sulfone groups is 1. The summed E-state index contributed by atoms with van der Waals surface area (Å²) in [7, 11) is -2.98. The number of likely N-dealkylation sites (tertiary alicyclic amines) is 1. The van der Waals surface area contributed by atoms with Gasteiger partial charge < -0.3 is 5.32 Å². The molecule has 0 radical (unpaired) electrons. The van der Waals surface area contributed by atoms with Gasteiger partial charge in [0.2, 0.25) is 5.91 Å². The van der Waals surface area contributed by atoms with E-state index in [4.69, 9.17) is 0 Å². The lowest BCUT2D eigenvalue weighted by molar-refractivity contribution is -0.127. The van der Waals surface area contributed by atoms with Crippen LogP contribution in [0, 0.1) is 5.92 Å². The molecule has 2 aliphatic heterocycles. The summed E-state index contributed by atoms with van der Waals surface area (Å²) < 4.78 is 23.6. The lowest BCUT2D eigenvalue weighted by Gasteiger charge is -2.36. The summed E-state index contributed by atoms with van der Waals surface area (Å²) in [6.45, 7) is 8.05. The Hall–Kier alpha value is -1.44. The van der Waals surface area contributed by atoms with E-state index in [2.05, 4.69) is 24.1 Å². The van der Waals surface area contributed by atoms with Crippen LogP contribution in [0.1, 0.15) is 38.3 Å². The van der Waals surface area contributed by atoms with Crippen molar-refractivity contribution in [3.63, 3.8) is 0 Å². The van der Waals surface area contributed by atoms with Crippen LogP contribution in [0.3, 0.4) is 0 Å². The van der Waals surface area contributed by atoms with E-state index >= 15 is 0 Å². The van der Waals surface area contributed by atoms with Crippen LogP contribution in [0.15, 0.2) is 30.3 Å². The van der Waals surface area contributed by atoms with Crippen LogP contribution in [0.2, 0.25) is 0 Å². The van der Waals surface area contributed by atoms with E-state index in [1.165, 1.54) is 12.8 Å². The molecule has 0 spiro atoms. The molecule has 0 aliphatic carbocycles. The molecule has 3 rings (SSSR count). The van der Waals surface area contributed by atoms with Gasteiger partial charge >= 0.3 is 0 Å². The molecular weight excluding hydrogens is 374 g/mol. The number of rotatable bonds is 6. The van der Waals surface area contributed by atoms with Crippen molar-refractivity contribution in [3.8, 4) is 0 Å². The van der Waals surface area contributed by atoms with Crippen molar-refractivity contribution in [2.45, 2.75) is 38.8 Å². The second-order valence-corrected chi connectivity index (χ2v) is 10.6. The average molecular weight is 408 g/mol. The summed E-state index contributed by atoms with van der Waals surface area (Å²) >= 11 is 0. The highest BCUT2D eigenvalue weighted by atomic mass is 32.2. The van der Waals surface area contributed by atoms with Gasteiger partial charge in [-0.1, -0.05) is 37.3 Å². The molecule has 2 unspecified atom stereocenters. The number of hydrogen-bond donors (Lipinski definition) is 1. The molecular formula is C21H33N3O3S. The molecule has 2 atom stereocenters. The van der Waals surface area contributed by atoms with Gasteiger partial charge in [0.1, 0.15) is 6.04 Å². The first-order chi connectivity index (χ1) is 13.4. The molecule has 0 aromatic heterocycles. The van der Waals surface area contributed by atoms with Gasteiger partial charge in [-0.15, -0.1) is 0 Å². The predicted octanol–water partition coefficient (Wildman–Crippen LogP) is 1.69. The number of benzene rings is 1. The fourth-order valence-corrected chi connectivity index (χ4v) is 5.32. The summed E-state index contributed by atoms with van der Waals surface area (Å²) in [5.74, 6) is 0.983. The van der Waals surface area contributed by atoms with E-state index in [9.17, 15) is 13.2 Å². The van der Waals surface area contributed by atoms with Gasteiger partial charge in [0.15, 0.2) is 9.84 Å². The van der Waals surface area contributed by atoms with E-state index in [1.807, 2.05) is 35.2 Å². The monoisotopic (exact) mass is 407 g/mol. The van der Waals surface area contributed by atoms with E-state index in [0.717, 1.165) is 24.6 Å². The minimum Gasteiger partial charge on any atom is -0.353 e. The highest BCUT2D eigenvalue weighted by Crippen LogP contribution is 2.23. The molecule has 2 saturated heterocycles. The zero-order chi connectivity index (χ0) is 20.1. The van der Waals surface area contributed by atoms with Crippen LogP contribution in [0.4, 0.5) is 0 Å². The minimum atomic E-state index is -2.98. The van der Waals surface area contributed by atoms with Crippen LogP contribution in [0.25, 0.3) is 0 Å². The molecule has 2 aliphatic rings. The lowest BCUT2D eigenvalue weighted by atomic mass is 9.98. The topological polar surface area (TPSA) is 69.7 Å². The van der Waals surface area contributed by atoms with Crippen molar-refractivity contribution >= 4 is 15.7 Å². The molecule has 0 saturated carbocycles. The average Bonchev–Trinajstić information content (AvgIpc) is 2.69. The van der Waals surface area contributed by atoms with Gasteiger partial charge in [0.05, 0.1) is 11.5 Å². The first-order valence-electron chi connectivity index (χ1n) is 10.4. The fraction of sp³-hybridized carbons (Fsp3) is 0.667. The van der Waals surface area contributed by atoms with Crippen molar-refractivity contribution in [2.75, 3.05) is 44.2 Å². The smallest absolute Gasteiger partial charge is 0.242 e. The standard InChI is InChI=1S/C21H33N3O3S/c1-17-8-10-23(11-9-17)18(2)16-22-21(25)20(19-6-4-3-5-7-19)24-12-14-28(26,27)15-13-24/h3-7,17-18,20H,8-16H2,1-2H3,(H,22,25). The Bertz CT molecular complexity index is 731. The quantitative estimate of drug-likeness (QED) is 0.777. The first-order valence-corrected chi connectivity index (χ1v) is 12.2. The minimum absolute atomic E-state index is 0.0391. The maximum absolute atomic E-state index is 13.1. The summed E-state index contributed by atoms with van der Waals surface area (Å²) in [6.07, 6.45) is 2.43. The highest BCUT2D eigenvalue weighted by Gasteiger charge is 2.32. The molecule has 0 bridgehead atoms. The van der Waals surface area contributed by atoms with Gasteiger partial charge in [-0.2, -0.15) is 0 Å². The Labute approximate surface area is 169 Å². The van der Waals surface area contributed by atoms with Crippen LogP contribution in [-0.2, 0) is 14.6 Å². The second kappa shape index (κ2) is 9.37. The van der Waals surface area contributed by atoms with E-state index in [-0.39, 0.29) is 17.4 Å². The molecule has 28 heavy (non-hydrogen) atoms. The lowest BCUT2D eigenvalue weighted by Crippen LogP contribution is -2.50. The Kier molecular flexibility index (Phi) is 7.12. The molecule has 2 heterocycles. The van der Waals surface area contributed by atoms with Gasteiger partial charge in [-0.3, -0.25) is 14.6 Å². The zero-order valence-electron chi connectivity index (χ0n) is 17.0. The second-order valence-electron chi connectivity index (χ2n) is 8.31. The number of hydrogen-bond acceptors (Lipinski definition) is 5. The number of nitrogens with one attached hydrogen (secondary N) is 1. The number of carbonyl (C=O) groups is 1. The van der Waals surface area contributed by atoms with Crippen molar-refractivity contribution in [1.82, 2.24) is 15.1 Å². The number of carbonyl (C=O) groups excluding carboxylic acids is 1.